The molecule has 0 aliphatic heterocycles. The van der Waals surface area contributed by atoms with Gasteiger partial charge in [0.1, 0.15) is 5.01 Å². The van der Waals surface area contributed by atoms with Crippen LogP contribution in [-0.2, 0) is 11.2 Å². The van der Waals surface area contributed by atoms with E-state index in [-0.39, 0.29) is 5.91 Å². The molecule has 1 aromatic heterocycles. The van der Waals surface area contributed by atoms with Crippen LogP contribution < -0.4 is 0 Å². The average Bonchev–Trinajstić information content (AvgIpc) is 2.77. The van der Waals surface area contributed by atoms with E-state index >= 15 is 0 Å². The Labute approximate surface area is 111 Å². The third kappa shape index (κ3) is 2.76. The zero-order valence-corrected chi connectivity index (χ0v) is 11.6. The van der Waals surface area contributed by atoms with Gasteiger partial charge in [-0.25, -0.2) is 4.98 Å². The van der Waals surface area contributed by atoms with Crippen molar-refractivity contribution in [2.75, 3.05) is 14.1 Å². The van der Waals surface area contributed by atoms with Gasteiger partial charge in [-0.1, -0.05) is 24.3 Å². The molecule has 0 aliphatic rings. The molecule has 0 fully saturated rings. The molecule has 4 heteroatoms. The van der Waals surface area contributed by atoms with Crippen molar-refractivity contribution in [3.63, 3.8) is 0 Å². The fraction of sp³-hybridized carbons (Fsp3) is 0.286. The quantitative estimate of drug-likeness (QED) is 0.850. The monoisotopic (exact) mass is 260 g/mol. The Bertz CT molecular complexity index is 560. The Morgan fingerprint density at radius 1 is 1.33 bits per heavy atom. The first kappa shape index (κ1) is 12.8. The molecular weight excluding hydrogens is 244 g/mol. The summed E-state index contributed by atoms with van der Waals surface area (Å²) in [7, 11) is 3.52. The summed E-state index contributed by atoms with van der Waals surface area (Å²) in [5.41, 5.74) is 3.19. The second kappa shape index (κ2) is 5.31. The smallest absolute Gasteiger partial charge is 0.228 e. The highest BCUT2D eigenvalue weighted by Crippen LogP contribution is 2.26. The Kier molecular flexibility index (Phi) is 3.77. The number of amides is 1. The standard InChI is InChI=1S/C14H16N2OS/c1-10-6-4-5-7-12(10)14-15-11(9-18-14)8-13(17)16(2)3/h4-7,9H,8H2,1-3H3. The van der Waals surface area contributed by atoms with Crippen molar-refractivity contribution >= 4 is 17.2 Å². The van der Waals surface area contributed by atoms with Crippen LogP contribution >= 0.6 is 11.3 Å². The summed E-state index contributed by atoms with van der Waals surface area (Å²) in [6, 6.07) is 8.16. The molecule has 0 bridgehead atoms. The first-order valence-corrected chi connectivity index (χ1v) is 6.66. The van der Waals surface area contributed by atoms with Crippen molar-refractivity contribution in [2.45, 2.75) is 13.3 Å². The van der Waals surface area contributed by atoms with Gasteiger partial charge in [-0.05, 0) is 12.5 Å². The van der Waals surface area contributed by atoms with Gasteiger partial charge in [0, 0.05) is 25.0 Å². The van der Waals surface area contributed by atoms with Gasteiger partial charge in [0.05, 0.1) is 12.1 Å². The van der Waals surface area contributed by atoms with Crippen LogP contribution in [0.1, 0.15) is 11.3 Å². The average molecular weight is 260 g/mol. The van der Waals surface area contributed by atoms with Crippen LogP contribution in [0, 0.1) is 6.92 Å². The van der Waals surface area contributed by atoms with Crippen LogP contribution in [-0.4, -0.2) is 29.9 Å². The summed E-state index contributed by atoms with van der Waals surface area (Å²) in [5, 5.41) is 2.94. The predicted molar refractivity (Wildman–Crippen MR) is 74.7 cm³/mol. The van der Waals surface area contributed by atoms with Gasteiger partial charge in [0.2, 0.25) is 5.91 Å². The largest absolute Gasteiger partial charge is 0.348 e. The third-order valence-electron chi connectivity index (χ3n) is 2.76. The number of aromatic nitrogens is 1. The zero-order chi connectivity index (χ0) is 13.1. The number of nitrogens with zero attached hydrogens (tertiary/aromatic N) is 2. The molecule has 94 valence electrons. The Balaban J connectivity index is 2.21. The summed E-state index contributed by atoms with van der Waals surface area (Å²) in [6.45, 7) is 2.07. The minimum Gasteiger partial charge on any atom is -0.348 e. The van der Waals surface area contributed by atoms with Gasteiger partial charge in [0.25, 0.3) is 0 Å². The van der Waals surface area contributed by atoms with E-state index in [2.05, 4.69) is 24.0 Å². The van der Waals surface area contributed by atoms with Crippen molar-refractivity contribution in [3.8, 4) is 10.6 Å². The number of aryl methyl sites for hydroxylation is 1. The molecule has 0 radical (unpaired) electrons. The predicted octanol–water partition coefficient (Wildman–Crippen LogP) is 2.75. The van der Waals surface area contributed by atoms with E-state index < -0.39 is 0 Å². The van der Waals surface area contributed by atoms with Crippen molar-refractivity contribution in [3.05, 3.63) is 40.9 Å². The summed E-state index contributed by atoms with van der Waals surface area (Å²) in [4.78, 5) is 17.7. The van der Waals surface area contributed by atoms with E-state index in [1.807, 2.05) is 17.5 Å². The lowest BCUT2D eigenvalue weighted by atomic mass is 10.1. The number of hydrogen-bond donors (Lipinski definition) is 0. The molecule has 0 saturated heterocycles. The molecule has 0 saturated carbocycles. The van der Waals surface area contributed by atoms with Crippen molar-refractivity contribution in [1.29, 1.82) is 0 Å². The van der Waals surface area contributed by atoms with E-state index in [0.29, 0.717) is 6.42 Å². The number of carbonyl (C=O) groups is 1. The van der Waals surface area contributed by atoms with Crippen LogP contribution in [0.15, 0.2) is 29.6 Å². The van der Waals surface area contributed by atoms with Crippen LogP contribution in [0.3, 0.4) is 0 Å². The molecular formula is C14H16N2OS. The normalized spacial score (nSPS) is 10.4. The van der Waals surface area contributed by atoms with Crippen molar-refractivity contribution in [1.82, 2.24) is 9.88 Å². The lowest BCUT2D eigenvalue weighted by Gasteiger charge is -2.08. The van der Waals surface area contributed by atoms with Gasteiger partial charge in [-0.3, -0.25) is 4.79 Å². The van der Waals surface area contributed by atoms with Crippen LogP contribution in [0.2, 0.25) is 0 Å². The SMILES string of the molecule is Cc1ccccc1-c1nc(CC(=O)N(C)C)cs1. The molecule has 3 nitrogen and oxygen atoms in total. The second-order valence-corrected chi connectivity index (χ2v) is 5.28. The summed E-state index contributed by atoms with van der Waals surface area (Å²) >= 11 is 1.59. The van der Waals surface area contributed by atoms with Crippen molar-refractivity contribution in [2.24, 2.45) is 0 Å². The molecule has 0 spiro atoms. The molecule has 0 N–H and O–H groups in total. The Morgan fingerprint density at radius 2 is 2.06 bits per heavy atom. The molecule has 2 rings (SSSR count). The lowest BCUT2D eigenvalue weighted by molar-refractivity contribution is -0.128. The maximum atomic E-state index is 11.6. The number of benzene rings is 1. The fourth-order valence-electron chi connectivity index (χ4n) is 1.64. The van der Waals surface area contributed by atoms with Gasteiger partial charge in [0.15, 0.2) is 0 Å². The Hall–Kier alpha value is -1.68. The second-order valence-electron chi connectivity index (χ2n) is 4.42. The summed E-state index contributed by atoms with van der Waals surface area (Å²) in [6.07, 6.45) is 0.370. The van der Waals surface area contributed by atoms with E-state index in [1.165, 1.54) is 5.56 Å². The first-order valence-electron chi connectivity index (χ1n) is 5.78. The third-order valence-corrected chi connectivity index (χ3v) is 3.68. The van der Waals surface area contributed by atoms with E-state index in [4.69, 9.17) is 0 Å². The molecule has 0 unspecified atom stereocenters. The first-order chi connectivity index (χ1) is 8.58. The van der Waals surface area contributed by atoms with E-state index in [9.17, 15) is 4.79 Å². The van der Waals surface area contributed by atoms with Gasteiger partial charge in [-0.15, -0.1) is 11.3 Å². The molecule has 18 heavy (non-hydrogen) atoms. The number of rotatable bonds is 3. The number of carbonyl (C=O) groups excluding carboxylic acids is 1. The topological polar surface area (TPSA) is 33.2 Å². The molecule has 1 heterocycles. The molecule has 0 aliphatic carbocycles. The van der Waals surface area contributed by atoms with E-state index in [0.717, 1.165) is 16.3 Å². The summed E-state index contributed by atoms with van der Waals surface area (Å²) < 4.78 is 0. The highest BCUT2D eigenvalue weighted by molar-refractivity contribution is 7.13. The van der Waals surface area contributed by atoms with E-state index in [1.54, 1.807) is 30.3 Å². The lowest BCUT2D eigenvalue weighted by Crippen LogP contribution is -2.23. The number of likely N-dealkylation sites (N-methyl/N-ethyl adjacent to an activating group) is 1. The maximum Gasteiger partial charge on any atom is 0.228 e. The molecule has 1 amide bonds. The highest BCUT2D eigenvalue weighted by atomic mass is 32.1. The van der Waals surface area contributed by atoms with Gasteiger partial charge in [-0.2, -0.15) is 0 Å². The van der Waals surface area contributed by atoms with Crippen LogP contribution in [0.25, 0.3) is 10.6 Å². The minimum atomic E-state index is 0.0802. The van der Waals surface area contributed by atoms with Crippen molar-refractivity contribution < 1.29 is 4.79 Å². The molecule has 1 aromatic carbocycles. The fourth-order valence-corrected chi connectivity index (χ4v) is 2.55. The van der Waals surface area contributed by atoms with Crippen LogP contribution in [0.4, 0.5) is 0 Å². The van der Waals surface area contributed by atoms with Crippen LogP contribution in [0.5, 0.6) is 0 Å². The highest BCUT2D eigenvalue weighted by Gasteiger charge is 2.11. The summed E-state index contributed by atoms with van der Waals surface area (Å²) in [5.74, 6) is 0.0802. The van der Waals surface area contributed by atoms with Gasteiger partial charge < -0.3 is 4.90 Å². The molecule has 0 atom stereocenters. The van der Waals surface area contributed by atoms with Gasteiger partial charge >= 0.3 is 0 Å². The Morgan fingerprint density at radius 3 is 2.72 bits per heavy atom. The number of hydrogen-bond acceptors (Lipinski definition) is 3. The maximum absolute atomic E-state index is 11.6. The molecule has 2 aromatic rings. The zero-order valence-electron chi connectivity index (χ0n) is 10.8. The minimum absolute atomic E-state index is 0.0802. The number of thiazole rings is 1.